The Morgan fingerprint density at radius 2 is 1.24 bits per heavy atom. The van der Waals surface area contributed by atoms with Crippen molar-refractivity contribution in [2.75, 3.05) is 5.88 Å². The maximum absolute atomic E-state index is 6.25. The molecule has 3 heteroatoms. The molecule has 0 amide bonds. The van der Waals surface area contributed by atoms with E-state index in [1.165, 1.54) is 11.1 Å². The molecule has 2 aromatic carbocycles. The molecule has 2 aromatic rings. The lowest BCUT2D eigenvalue weighted by atomic mass is 9.90. The monoisotopic (exact) mass is 318 g/mol. The van der Waals surface area contributed by atoms with E-state index in [0.717, 1.165) is 36.2 Å². The highest BCUT2D eigenvalue weighted by molar-refractivity contribution is 6.18. The normalized spacial score (nSPS) is 11.7. The Kier molecular flexibility index (Phi) is 6.49. The number of halogens is 1. The molecule has 0 atom stereocenters. The van der Waals surface area contributed by atoms with Crippen LogP contribution in [0.25, 0.3) is 0 Å². The van der Waals surface area contributed by atoms with Crippen molar-refractivity contribution in [1.82, 2.24) is 0 Å². The third-order valence-electron chi connectivity index (χ3n) is 4.10. The van der Waals surface area contributed by atoms with E-state index in [1.54, 1.807) is 0 Å². The van der Waals surface area contributed by atoms with Gasteiger partial charge in [0.25, 0.3) is 0 Å². The van der Waals surface area contributed by atoms with E-state index < -0.39 is 0 Å². The number of aryl methyl sites for hydroxylation is 2. The van der Waals surface area contributed by atoms with Crippen LogP contribution in [0.5, 0.6) is 0 Å². The van der Waals surface area contributed by atoms with Gasteiger partial charge in [-0.05, 0) is 36.8 Å². The van der Waals surface area contributed by atoms with E-state index in [9.17, 15) is 0 Å². The second kappa shape index (κ2) is 8.37. The van der Waals surface area contributed by atoms with Crippen molar-refractivity contribution in [3.05, 3.63) is 71.8 Å². The molecule has 2 rings (SSSR count). The zero-order valence-electron chi connectivity index (χ0n) is 12.6. The van der Waals surface area contributed by atoms with Crippen molar-refractivity contribution in [2.45, 2.75) is 31.3 Å². The maximum atomic E-state index is 6.25. The van der Waals surface area contributed by atoms with Crippen LogP contribution >= 0.6 is 11.6 Å². The Hall–Kier alpha value is -1.09. The van der Waals surface area contributed by atoms with Crippen molar-refractivity contribution in [2.24, 2.45) is 0 Å². The molecule has 0 saturated heterocycles. The van der Waals surface area contributed by atoms with Crippen LogP contribution < -0.4 is 0 Å². The Bertz CT molecular complexity index is 466. The van der Waals surface area contributed by atoms with Crippen molar-refractivity contribution in [3.8, 4) is 0 Å². The van der Waals surface area contributed by atoms with Gasteiger partial charge in [0, 0.05) is 0 Å². The SMILES string of the molecule is [SiH3]OC(CCl)(CCc1ccccc1)CCc1ccccc1. The van der Waals surface area contributed by atoms with Crippen molar-refractivity contribution < 1.29 is 4.43 Å². The zero-order valence-corrected chi connectivity index (χ0v) is 15.4. The summed E-state index contributed by atoms with van der Waals surface area (Å²) in [6.07, 6.45) is 4.00. The number of benzene rings is 2. The van der Waals surface area contributed by atoms with Gasteiger partial charge < -0.3 is 4.43 Å². The summed E-state index contributed by atoms with van der Waals surface area (Å²) in [5.41, 5.74) is 2.52. The molecule has 0 unspecified atom stereocenters. The van der Waals surface area contributed by atoms with Crippen LogP contribution in [0, 0.1) is 0 Å². The molecule has 112 valence electrons. The molecule has 0 heterocycles. The number of rotatable bonds is 8. The van der Waals surface area contributed by atoms with Gasteiger partial charge in [0.1, 0.15) is 10.5 Å². The lowest BCUT2D eigenvalue weighted by Gasteiger charge is -2.31. The molecule has 0 bridgehead atoms. The van der Waals surface area contributed by atoms with Crippen LogP contribution in [0.3, 0.4) is 0 Å². The summed E-state index contributed by atoms with van der Waals surface area (Å²) < 4.78 is 5.94. The Labute approximate surface area is 135 Å². The first-order chi connectivity index (χ1) is 10.3. The third-order valence-corrected chi connectivity index (χ3v) is 5.45. The van der Waals surface area contributed by atoms with Gasteiger partial charge in [-0.2, -0.15) is 0 Å². The first-order valence-electron chi connectivity index (χ1n) is 7.47. The average Bonchev–Trinajstić information content (AvgIpc) is 2.58. The largest absolute Gasteiger partial charge is 0.421 e. The molecule has 0 aromatic heterocycles. The van der Waals surface area contributed by atoms with E-state index in [1.807, 2.05) is 0 Å². The Morgan fingerprint density at radius 3 is 1.57 bits per heavy atom. The van der Waals surface area contributed by atoms with Gasteiger partial charge in [-0.1, -0.05) is 60.7 Å². The van der Waals surface area contributed by atoms with Crippen LogP contribution in [-0.2, 0) is 17.3 Å². The minimum Gasteiger partial charge on any atom is -0.421 e. The topological polar surface area (TPSA) is 9.23 Å². The summed E-state index contributed by atoms with van der Waals surface area (Å²) in [5.74, 6) is 0.566. The van der Waals surface area contributed by atoms with Gasteiger partial charge in [-0.25, -0.2) is 0 Å². The summed E-state index contributed by atoms with van der Waals surface area (Å²) in [7, 11) is 0.724. The van der Waals surface area contributed by atoms with E-state index in [0.29, 0.717) is 5.88 Å². The first-order valence-corrected chi connectivity index (χ1v) is 8.82. The molecule has 0 aliphatic carbocycles. The van der Waals surface area contributed by atoms with Crippen LogP contribution in [0.2, 0.25) is 0 Å². The highest BCUT2D eigenvalue weighted by atomic mass is 35.5. The fourth-order valence-corrected chi connectivity index (χ4v) is 3.66. The fourth-order valence-electron chi connectivity index (χ4n) is 2.55. The highest BCUT2D eigenvalue weighted by Gasteiger charge is 2.27. The Balaban J connectivity index is 1.95. The Morgan fingerprint density at radius 1 is 0.810 bits per heavy atom. The second-order valence-corrected chi connectivity index (χ2v) is 6.17. The first kappa shape index (κ1) is 16.3. The second-order valence-electron chi connectivity index (χ2n) is 5.49. The van der Waals surface area contributed by atoms with Crippen LogP contribution in [0.1, 0.15) is 24.0 Å². The minimum absolute atomic E-state index is 0.181. The molecular formula is C18H23ClOSi. The molecular weight excluding hydrogens is 296 g/mol. The number of hydrogen-bond donors (Lipinski definition) is 0. The molecule has 0 radical (unpaired) electrons. The summed E-state index contributed by atoms with van der Waals surface area (Å²) in [6.45, 7) is 0. The highest BCUT2D eigenvalue weighted by Crippen LogP contribution is 2.26. The van der Waals surface area contributed by atoms with Gasteiger partial charge in [0.05, 0.1) is 11.5 Å². The van der Waals surface area contributed by atoms with E-state index in [-0.39, 0.29) is 5.60 Å². The number of alkyl halides is 1. The standard InChI is InChI=1S/C18H23ClOSi/c19-15-18(20-21,13-11-16-7-3-1-4-8-16)14-12-17-9-5-2-6-10-17/h1-10H,11-15H2,21H3. The van der Waals surface area contributed by atoms with Crippen LogP contribution in [0.4, 0.5) is 0 Å². The smallest absolute Gasteiger partial charge is 0.146 e. The van der Waals surface area contributed by atoms with E-state index in [4.69, 9.17) is 16.0 Å². The van der Waals surface area contributed by atoms with E-state index in [2.05, 4.69) is 60.7 Å². The summed E-state index contributed by atoms with van der Waals surface area (Å²) >= 11 is 6.25. The predicted octanol–water partition coefficient (Wildman–Crippen LogP) is 3.53. The van der Waals surface area contributed by atoms with Crippen LogP contribution in [0.15, 0.2) is 60.7 Å². The fraction of sp³-hybridized carbons (Fsp3) is 0.333. The summed E-state index contributed by atoms with van der Waals surface area (Å²) in [4.78, 5) is 0. The van der Waals surface area contributed by atoms with Crippen molar-refractivity contribution >= 4 is 22.1 Å². The van der Waals surface area contributed by atoms with Crippen molar-refractivity contribution in [3.63, 3.8) is 0 Å². The quantitative estimate of drug-likeness (QED) is 0.534. The van der Waals surface area contributed by atoms with Crippen molar-refractivity contribution in [1.29, 1.82) is 0 Å². The molecule has 0 aliphatic heterocycles. The molecule has 1 nitrogen and oxygen atoms in total. The predicted molar refractivity (Wildman–Crippen MR) is 94.0 cm³/mol. The molecule has 21 heavy (non-hydrogen) atoms. The third kappa shape index (κ3) is 4.99. The lowest BCUT2D eigenvalue weighted by Crippen LogP contribution is -2.35. The van der Waals surface area contributed by atoms with Crippen LogP contribution in [-0.4, -0.2) is 22.0 Å². The molecule has 0 fully saturated rings. The van der Waals surface area contributed by atoms with Gasteiger partial charge >= 0.3 is 0 Å². The average molecular weight is 319 g/mol. The molecule has 0 aliphatic rings. The van der Waals surface area contributed by atoms with Gasteiger partial charge in [-0.15, -0.1) is 11.6 Å². The summed E-state index contributed by atoms with van der Waals surface area (Å²) in [5, 5.41) is 0. The maximum Gasteiger partial charge on any atom is 0.146 e. The van der Waals surface area contributed by atoms with E-state index >= 15 is 0 Å². The molecule has 0 spiro atoms. The molecule has 0 saturated carbocycles. The minimum atomic E-state index is -0.181. The molecule has 0 N–H and O–H groups in total. The zero-order chi connectivity index (χ0) is 15.0. The number of hydrogen-bond acceptors (Lipinski definition) is 1. The summed E-state index contributed by atoms with van der Waals surface area (Å²) in [6, 6.07) is 21.1. The lowest BCUT2D eigenvalue weighted by molar-refractivity contribution is 0.0853. The van der Waals surface area contributed by atoms with Gasteiger partial charge in [0.15, 0.2) is 0 Å². The van der Waals surface area contributed by atoms with Gasteiger partial charge in [-0.3, -0.25) is 0 Å². The van der Waals surface area contributed by atoms with Gasteiger partial charge in [0.2, 0.25) is 0 Å².